The Hall–Kier alpha value is -4.05. The number of phosphoric acid groups is 2. The molecule has 5 atom stereocenters. The minimum atomic E-state index is -4.93. The normalized spacial score (nSPS) is 14.8. The van der Waals surface area contributed by atoms with Crippen LogP contribution in [0.5, 0.6) is 0 Å². The summed E-state index contributed by atoms with van der Waals surface area (Å²) in [5.41, 5.74) is 0. The van der Waals surface area contributed by atoms with Crippen molar-refractivity contribution in [2.75, 3.05) is 39.6 Å². The van der Waals surface area contributed by atoms with Gasteiger partial charge in [0.2, 0.25) is 0 Å². The van der Waals surface area contributed by atoms with Crippen molar-refractivity contribution in [3.05, 3.63) is 122 Å². The van der Waals surface area contributed by atoms with Gasteiger partial charge in [-0.2, -0.15) is 0 Å². The molecule has 0 amide bonds. The van der Waals surface area contributed by atoms with Gasteiger partial charge in [-0.15, -0.1) is 0 Å². The van der Waals surface area contributed by atoms with Crippen molar-refractivity contribution in [3.8, 4) is 0 Å². The van der Waals surface area contributed by atoms with Crippen molar-refractivity contribution in [3.63, 3.8) is 0 Å². The minimum absolute atomic E-state index is 0.101. The summed E-state index contributed by atoms with van der Waals surface area (Å²) in [6.45, 7) is 2.50. The van der Waals surface area contributed by atoms with Crippen LogP contribution in [0.15, 0.2) is 122 Å². The topological polar surface area (TPSA) is 231 Å². The highest BCUT2D eigenvalue weighted by Gasteiger charge is 2.29. The highest BCUT2D eigenvalue weighted by atomic mass is 31.2. The van der Waals surface area contributed by atoms with Crippen LogP contribution in [0.25, 0.3) is 0 Å². The first kappa shape index (κ1) is 91.0. The highest BCUT2D eigenvalue weighted by Crippen LogP contribution is 2.45. The van der Waals surface area contributed by atoms with Gasteiger partial charge in [-0.05, 0) is 116 Å². The van der Waals surface area contributed by atoms with Gasteiger partial charge in [0, 0.05) is 19.3 Å². The number of rotatable bonds is 69. The van der Waals surface area contributed by atoms with E-state index in [2.05, 4.69) is 142 Å². The van der Waals surface area contributed by atoms with Crippen LogP contribution < -0.4 is 0 Å². The Morgan fingerprint density at radius 1 is 0.305 bits per heavy atom. The van der Waals surface area contributed by atoms with Gasteiger partial charge >= 0.3 is 33.6 Å². The number of carbonyl (C=O) groups is 3. The third-order valence-corrected chi connectivity index (χ3v) is 17.1. The monoisotopic (exact) mass is 1370 g/mol. The predicted molar refractivity (Wildman–Crippen MR) is 390 cm³/mol. The molecule has 546 valence electrons. The molecule has 0 aliphatic carbocycles. The minimum Gasteiger partial charge on any atom is -0.463 e. The molecule has 5 unspecified atom stereocenters. The zero-order valence-corrected chi connectivity index (χ0v) is 61.1. The molecule has 95 heavy (non-hydrogen) atoms. The second-order valence-electron chi connectivity index (χ2n) is 24.4. The van der Waals surface area contributed by atoms with Crippen LogP contribution in [-0.2, 0) is 55.8 Å². The van der Waals surface area contributed by atoms with Gasteiger partial charge < -0.3 is 34.2 Å². The molecule has 0 saturated heterocycles. The lowest BCUT2D eigenvalue weighted by Gasteiger charge is -2.21. The van der Waals surface area contributed by atoms with Crippen LogP contribution >= 0.6 is 15.6 Å². The van der Waals surface area contributed by atoms with Crippen molar-refractivity contribution >= 4 is 33.6 Å². The molecule has 0 heterocycles. The third kappa shape index (κ3) is 71.1. The number of aliphatic hydroxyl groups excluding tert-OH is 2. The van der Waals surface area contributed by atoms with E-state index in [4.69, 9.17) is 32.3 Å². The average Bonchev–Trinajstić information content (AvgIpc) is 1.81. The van der Waals surface area contributed by atoms with Crippen LogP contribution in [0.4, 0.5) is 0 Å². The number of phosphoric ester groups is 2. The number of aliphatic hydroxyl groups is 2. The van der Waals surface area contributed by atoms with Crippen LogP contribution in [0.1, 0.15) is 290 Å². The molecule has 0 bridgehead atoms. The highest BCUT2D eigenvalue weighted by molar-refractivity contribution is 7.47. The van der Waals surface area contributed by atoms with Crippen LogP contribution in [0.3, 0.4) is 0 Å². The zero-order valence-electron chi connectivity index (χ0n) is 59.3. The SMILES string of the molecule is CC/C=C\C/C=C\C/C=C\C/C=C\C/C=C\C/C=C\CCCCCCCCC(=O)OCC(O)COP(=O)(O)OCC(O)COP(=O)(O)OCC(COC(=O)CCCCCCC/C=C\C/C=C\C/C=C\C/C=C\CCCCC)OC(=O)CCCCCCCCCCCCCCC. The molecular formula is C77H132O16P2. The third-order valence-electron chi connectivity index (χ3n) is 15.2. The first-order valence-electron chi connectivity index (χ1n) is 36.8. The summed E-state index contributed by atoms with van der Waals surface area (Å²) in [6.07, 6.45) is 81.0. The van der Waals surface area contributed by atoms with Crippen molar-refractivity contribution < 1.29 is 75.8 Å². The number of ether oxygens (including phenoxy) is 3. The maximum absolute atomic E-state index is 12.9. The van der Waals surface area contributed by atoms with Gasteiger partial charge in [0.15, 0.2) is 6.10 Å². The van der Waals surface area contributed by atoms with Gasteiger partial charge in [-0.1, -0.05) is 277 Å². The smallest absolute Gasteiger partial charge is 0.463 e. The molecular weight excluding hydrogens is 1240 g/mol. The quantitative estimate of drug-likeness (QED) is 0.0146. The molecule has 0 radical (unpaired) electrons. The van der Waals surface area contributed by atoms with E-state index in [1.807, 2.05) is 0 Å². The number of allylic oxidation sites excluding steroid dienone is 20. The fraction of sp³-hybridized carbons (Fsp3) is 0.701. The Labute approximate surface area is 576 Å². The first-order chi connectivity index (χ1) is 46.2. The molecule has 0 aromatic carbocycles. The molecule has 0 rings (SSSR count). The van der Waals surface area contributed by atoms with E-state index in [0.29, 0.717) is 19.3 Å². The van der Waals surface area contributed by atoms with Crippen molar-refractivity contribution in [2.45, 2.75) is 309 Å². The Morgan fingerprint density at radius 3 is 0.905 bits per heavy atom. The van der Waals surface area contributed by atoms with Gasteiger partial charge in [0.25, 0.3) is 0 Å². The molecule has 0 saturated carbocycles. The molecule has 0 fully saturated rings. The zero-order chi connectivity index (χ0) is 69.5. The number of carbonyl (C=O) groups excluding carboxylic acids is 3. The molecule has 0 aliphatic rings. The summed E-state index contributed by atoms with van der Waals surface area (Å²) >= 11 is 0. The first-order valence-corrected chi connectivity index (χ1v) is 39.8. The van der Waals surface area contributed by atoms with Gasteiger partial charge in [-0.3, -0.25) is 32.5 Å². The summed E-state index contributed by atoms with van der Waals surface area (Å²) in [4.78, 5) is 58.5. The predicted octanol–water partition coefficient (Wildman–Crippen LogP) is 21.0. The van der Waals surface area contributed by atoms with Gasteiger partial charge in [0.05, 0.1) is 26.4 Å². The summed E-state index contributed by atoms with van der Waals surface area (Å²) < 4.78 is 61.0. The number of hydrogen-bond acceptors (Lipinski definition) is 14. The van der Waals surface area contributed by atoms with Gasteiger partial charge in [0.1, 0.15) is 25.4 Å². The number of unbranched alkanes of at least 4 members (excludes halogenated alkanes) is 26. The molecule has 16 nitrogen and oxygen atoms in total. The molecule has 0 aromatic rings. The fourth-order valence-corrected chi connectivity index (χ4v) is 11.1. The number of hydrogen-bond donors (Lipinski definition) is 4. The van der Waals surface area contributed by atoms with E-state index in [0.717, 1.165) is 154 Å². The second-order valence-corrected chi connectivity index (χ2v) is 27.3. The summed E-state index contributed by atoms with van der Waals surface area (Å²) in [6, 6.07) is 0. The lowest BCUT2D eigenvalue weighted by atomic mass is 10.0. The van der Waals surface area contributed by atoms with E-state index in [1.165, 1.54) is 77.0 Å². The Balaban J connectivity index is 4.61. The Bertz CT molecular complexity index is 2210. The van der Waals surface area contributed by atoms with E-state index < -0.39 is 91.5 Å². The molecule has 4 N–H and O–H groups in total. The largest absolute Gasteiger partial charge is 0.472 e. The van der Waals surface area contributed by atoms with E-state index in [1.54, 1.807) is 0 Å². The van der Waals surface area contributed by atoms with Crippen molar-refractivity contribution in [1.82, 2.24) is 0 Å². The number of esters is 3. The van der Waals surface area contributed by atoms with E-state index in [9.17, 15) is 43.5 Å². The summed E-state index contributed by atoms with van der Waals surface area (Å²) in [5.74, 6) is -1.61. The Morgan fingerprint density at radius 2 is 0.558 bits per heavy atom. The molecule has 18 heteroatoms. The van der Waals surface area contributed by atoms with Crippen molar-refractivity contribution in [1.29, 1.82) is 0 Å². The van der Waals surface area contributed by atoms with E-state index >= 15 is 0 Å². The maximum atomic E-state index is 12.9. The second kappa shape index (κ2) is 69.8. The van der Waals surface area contributed by atoms with Crippen LogP contribution in [0, 0.1) is 0 Å². The fourth-order valence-electron chi connectivity index (χ4n) is 9.56. The average molecular weight is 1380 g/mol. The standard InChI is InChI=1S/C77H132O16P2/c1-4-7-10-13-16-19-22-25-27-29-31-33-34-35-36-38-40-41-43-46-48-51-54-57-60-63-75(80)87-66-72(78)67-89-94(83,84)90-68-73(79)69-91-95(85,86)92-71-74(93-77(82)65-62-59-56-53-50-45-24-21-18-15-12-9-6-3)70-88-76(81)64-61-58-55-52-49-47-44-42-39-37-32-30-28-26-23-20-17-14-11-8-5-2/h7,10,16-17,19-20,25-28,31-33,35-37,40-42,44,72-74,78-79H,4-6,8-9,11-15,18,21-24,29-30,34,38-39,43,45-71H2,1-3H3,(H,83,84)(H,85,86)/b10-7-,19-16-,20-17-,27-25-,28-26-,33-31-,36-35-,37-32-,41-40-,44-42-. The van der Waals surface area contributed by atoms with E-state index in [-0.39, 0.29) is 19.3 Å². The Kier molecular flexibility index (Phi) is 66.9. The summed E-state index contributed by atoms with van der Waals surface area (Å²) in [5, 5.41) is 20.6. The lowest BCUT2D eigenvalue weighted by molar-refractivity contribution is -0.161. The lowest BCUT2D eigenvalue weighted by Crippen LogP contribution is -2.30. The molecule has 0 aromatic heterocycles. The molecule has 0 aliphatic heterocycles. The van der Waals surface area contributed by atoms with Crippen LogP contribution in [-0.4, -0.2) is 95.9 Å². The van der Waals surface area contributed by atoms with Crippen LogP contribution in [0.2, 0.25) is 0 Å². The van der Waals surface area contributed by atoms with Crippen molar-refractivity contribution in [2.24, 2.45) is 0 Å². The summed E-state index contributed by atoms with van der Waals surface area (Å²) in [7, 11) is -9.79. The van der Waals surface area contributed by atoms with Gasteiger partial charge in [-0.25, -0.2) is 9.13 Å². The molecule has 0 spiro atoms. The maximum Gasteiger partial charge on any atom is 0.472 e.